The molecule has 2 fully saturated rings. The average molecular weight is 490 g/mol. The van der Waals surface area contributed by atoms with Gasteiger partial charge in [0.25, 0.3) is 0 Å². The molecule has 1 aromatic heterocycles. The summed E-state index contributed by atoms with van der Waals surface area (Å²) in [6.45, 7) is 4.89. The van der Waals surface area contributed by atoms with E-state index in [-0.39, 0.29) is 5.56 Å². The van der Waals surface area contributed by atoms with E-state index in [0.717, 1.165) is 37.1 Å². The smallest absolute Gasteiger partial charge is 0.336 e. The van der Waals surface area contributed by atoms with Crippen LogP contribution in [0.25, 0.3) is 22.2 Å². The Morgan fingerprint density at radius 3 is 2.28 bits per heavy atom. The van der Waals surface area contributed by atoms with Crippen molar-refractivity contribution < 1.29 is 19.4 Å². The van der Waals surface area contributed by atoms with Crippen molar-refractivity contribution in [1.82, 2.24) is 14.8 Å². The number of carboxylic acids is 1. The van der Waals surface area contributed by atoms with Crippen LogP contribution in [-0.4, -0.2) is 72.3 Å². The molecule has 2 aliphatic rings. The molecule has 0 amide bonds. The number of methoxy groups -OCH3 is 2. The lowest BCUT2D eigenvalue weighted by molar-refractivity contribution is 0.0692. The molecule has 190 valence electrons. The minimum absolute atomic E-state index is 0.290. The fourth-order valence-electron chi connectivity index (χ4n) is 5.81. The van der Waals surface area contributed by atoms with Crippen LogP contribution >= 0.6 is 0 Å². The molecule has 2 aliphatic heterocycles. The molecule has 2 aromatic carbocycles. The molecule has 3 aromatic rings. The highest BCUT2D eigenvalue weighted by atomic mass is 16.5. The Labute approximate surface area is 212 Å². The Kier molecular flexibility index (Phi) is 7.39. The molecule has 3 heterocycles. The van der Waals surface area contributed by atoms with Crippen molar-refractivity contribution in [3.63, 3.8) is 0 Å². The third kappa shape index (κ3) is 4.90. The number of piperidine rings is 2. The summed E-state index contributed by atoms with van der Waals surface area (Å²) >= 11 is 0. The normalized spacial score (nSPS) is 17.8. The van der Waals surface area contributed by atoms with Crippen molar-refractivity contribution >= 4 is 16.9 Å². The topological polar surface area (TPSA) is 75.1 Å². The van der Waals surface area contributed by atoms with Gasteiger partial charge in [0.15, 0.2) is 11.5 Å². The van der Waals surface area contributed by atoms with Gasteiger partial charge in [-0.15, -0.1) is 0 Å². The van der Waals surface area contributed by atoms with Gasteiger partial charge in [0.2, 0.25) is 0 Å². The second kappa shape index (κ2) is 10.8. The molecular formula is C29H35N3O4. The number of rotatable bonds is 7. The fourth-order valence-corrected chi connectivity index (χ4v) is 5.81. The van der Waals surface area contributed by atoms with Crippen LogP contribution in [-0.2, 0) is 6.54 Å². The summed E-state index contributed by atoms with van der Waals surface area (Å²) in [6, 6.07) is 14.0. The van der Waals surface area contributed by atoms with Crippen LogP contribution in [0.3, 0.4) is 0 Å². The summed E-state index contributed by atoms with van der Waals surface area (Å²) in [4.78, 5) is 22.8. The predicted molar refractivity (Wildman–Crippen MR) is 141 cm³/mol. The molecule has 0 aliphatic carbocycles. The summed E-state index contributed by atoms with van der Waals surface area (Å²) in [6.07, 6.45) is 6.20. The molecule has 1 N–H and O–H groups in total. The van der Waals surface area contributed by atoms with Crippen molar-refractivity contribution in [3.8, 4) is 22.8 Å². The minimum Gasteiger partial charge on any atom is -0.493 e. The number of hydrogen-bond acceptors (Lipinski definition) is 6. The second-order valence-corrected chi connectivity index (χ2v) is 9.81. The van der Waals surface area contributed by atoms with E-state index in [1.54, 1.807) is 26.4 Å². The Balaban J connectivity index is 1.54. The van der Waals surface area contributed by atoms with Crippen LogP contribution in [0.4, 0.5) is 0 Å². The van der Waals surface area contributed by atoms with E-state index < -0.39 is 5.97 Å². The van der Waals surface area contributed by atoms with Crippen molar-refractivity contribution in [1.29, 1.82) is 0 Å². The predicted octanol–water partition coefficient (Wildman–Crippen LogP) is 5.07. The van der Waals surface area contributed by atoms with Gasteiger partial charge in [-0.3, -0.25) is 4.90 Å². The first-order valence-electron chi connectivity index (χ1n) is 12.9. The van der Waals surface area contributed by atoms with Gasteiger partial charge >= 0.3 is 5.97 Å². The molecule has 5 rings (SSSR count). The molecule has 36 heavy (non-hydrogen) atoms. The number of carboxylic acid groups (broad SMARTS) is 1. The lowest BCUT2D eigenvalue weighted by atomic mass is 9.94. The van der Waals surface area contributed by atoms with E-state index >= 15 is 0 Å². The van der Waals surface area contributed by atoms with Crippen LogP contribution < -0.4 is 9.47 Å². The van der Waals surface area contributed by atoms with Crippen LogP contribution in [0.1, 0.15) is 48.0 Å². The van der Waals surface area contributed by atoms with Gasteiger partial charge in [-0.1, -0.05) is 36.8 Å². The molecule has 0 atom stereocenters. The number of ether oxygens (including phenoxy) is 2. The monoisotopic (exact) mass is 489 g/mol. The second-order valence-electron chi connectivity index (χ2n) is 9.81. The number of nitrogens with zero attached hydrogens (tertiary/aromatic N) is 3. The zero-order valence-corrected chi connectivity index (χ0v) is 21.2. The molecular weight excluding hydrogens is 454 g/mol. The van der Waals surface area contributed by atoms with Crippen LogP contribution in [0, 0.1) is 0 Å². The molecule has 0 unspecified atom stereocenters. The Morgan fingerprint density at radius 1 is 0.972 bits per heavy atom. The minimum atomic E-state index is -0.954. The molecule has 2 saturated heterocycles. The number of fused-ring (bicyclic) bond motifs is 1. The number of benzene rings is 2. The van der Waals surface area contributed by atoms with E-state index in [1.165, 1.54) is 32.4 Å². The van der Waals surface area contributed by atoms with Gasteiger partial charge in [-0.25, -0.2) is 9.78 Å². The largest absolute Gasteiger partial charge is 0.493 e. The van der Waals surface area contributed by atoms with E-state index in [2.05, 4.69) is 9.80 Å². The van der Waals surface area contributed by atoms with Crippen molar-refractivity contribution in [2.45, 2.75) is 44.7 Å². The lowest BCUT2D eigenvalue weighted by Gasteiger charge is -2.40. The van der Waals surface area contributed by atoms with E-state index in [4.69, 9.17) is 14.5 Å². The third-order valence-electron chi connectivity index (χ3n) is 7.70. The summed E-state index contributed by atoms with van der Waals surface area (Å²) in [5.74, 6) is 0.0699. The van der Waals surface area contributed by atoms with Crippen molar-refractivity contribution in [2.24, 2.45) is 0 Å². The van der Waals surface area contributed by atoms with Crippen LogP contribution in [0.15, 0.2) is 42.5 Å². The maximum Gasteiger partial charge on any atom is 0.336 e. The van der Waals surface area contributed by atoms with Gasteiger partial charge in [0, 0.05) is 35.2 Å². The van der Waals surface area contributed by atoms with Gasteiger partial charge in [-0.05, 0) is 57.9 Å². The number of aromatic carboxylic acids is 1. The first kappa shape index (κ1) is 24.5. The Hall–Kier alpha value is -3.16. The molecule has 0 radical (unpaired) electrons. The van der Waals surface area contributed by atoms with Crippen LogP contribution in [0.2, 0.25) is 0 Å². The number of carbonyl (C=O) groups is 1. The quantitative estimate of drug-likeness (QED) is 0.497. The maximum absolute atomic E-state index is 12.7. The number of pyridine rings is 1. The Morgan fingerprint density at radius 2 is 1.64 bits per heavy atom. The van der Waals surface area contributed by atoms with Crippen LogP contribution in [0.5, 0.6) is 11.5 Å². The van der Waals surface area contributed by atoms with E-state index in [1.807, 2.05) is 30.3 Å². The van der Waals surface area contributed by atoms with Gasteiger partial charge in [-0.2, -0.15) is 0 Å². The number of aromatic nitrogens is 1. The van der Waals surface area contributed by atoms with Crippen molar-refractivity contribution in [3.05, 3.63) is 53.6 Å². The standard InChI is InChI=1S/C29H35N3O4/c1-35-25-17-22-24(18-26(25)36-2)30-28(20-9-5-3-6-10-20)23(27(22)29(33)34)19-31-15-11-21(12-16-31)32-13-7-4-8-14-32/h3,5-6,9-10,17-18,21H,4,7-8,11-16,19H2,1-2H3,(H,33,34). The highest BCUT2D eigenvalue weighted by molar-refractivity contribution is 6.06. The van der Waals surface area contributed by atoms with Crippen molar-refractivity contribution in [2.75, 3.05) is 40.4 Å². The lowest BCUT2D eigenvalue weighted by Crippen LogP contribution is -2.46. The molecule has 7 nitrogen and oxygen atoms in total. The third-order valence-corrected chi connectivity index (χ3v) is 7.70. The first-order valence-corrected chi connectivity index (χ1v) is 12.9. The van der Waals surface area contributed by atoms with Gasteiger partial charge in [0.05, 0.1) is 31.0 Å². The molecule has 7 heteroatoms. The molecule has 0 saturated carbocycles. The SMILES string of the molecule is COc1cc2nc(-c3ccccc3)c(CN3CCC(N4CCCCC4)CC3)c(C(=O)O)c2cc1OC. The Bertz CT molecular complexity index is 1220. The number of likely N-dealkylation sites (tertiary alicyclic amines) is 2. The molecule has 0 spiro atoms. The highest BCUT2D eigenvalue weighted by Gasteiger charge is 2.29. The fraction of sp³-hybridized carbons (Fsp3) is 0.448. The summed E-state index contributed by atoms with van der Waals surface area (Å²) in [5, 5.41) is 11.0. The molecule has 0 bridgehead atoms. The number of hydrogen-bond donors (Lipinski definition) is 1. The summed E-state index contributed by atoms with van der Waals surface area (Å²) < 4.78 is 11.0. The van der Waals surface area contributed by atoms with E-state index in [9.17, 15) is 9.90 Å². The first-order chi connectivity index (χ1) is 17.6. The zero-order chi connectivity index (χ0) is 25.1. The summed E-state index contributed by atoms with van der Waals surface area (Å²) in [7, 11) is 3.13. The highest BCUT2D eigenvalue weighted by Crippen LogP contribution is 2.38. The van der Waals surface area contributed by atoms with Gasteiger partial charge in [0.1, 0.15) is 0 Å². The van der Waals surface area contributed by atoms with Gasteiger partial charge < -0.3 is 19.5 Å². The zero-order valence-electron chi connectivity index (χ0n) is 21.2. The average Bonchev–Trinajstić information content (AvgIpc) is 2.93. The summed E-state index contributed by atoms with van der Waals surface area (Å²) in [5.41, 5.74) is 3.25. The van der Waals surface area contributed by atoms with E-state index in [0.29, 0.717) is 40.7 Å². The maximum atomic E-state index is 12.7.